The number of hydrogen-bond acceptors (Lipinski definition) is 6. The number of nitrogens with zero attached hydrogens (tertiary/aromatic N) is 1. The van der Waals surface area contributed by atoms with E-state index in [-0.39, 0.29) is 24.7 Å². The molecule has 0 spiro atoms. The smallest absolute Gasteiger partial charge is 0.419 e. The molecule has 8 atom stereocenters. The van der Waals surface area contributed by atoms with Gasteiger partial charge < -0.3 is 19.5 Å². The summed E-state index contributed by atoms with van der Waals surface area (Å²) >= 11 is 0. The lowest BCUT2D eigenvalue weighted by molar-refractivity contribution is -0.122. The first-order valence-electron chi connectivity index (χ1n) is 18.1. The largest absolute Gasteiger partial charge is 0.449 e. The third-order valence-corrected chi connectivity index (χ3v) is 12.3. The first-order valence-corrected chi connectivity index (χ1v) is 18.1. The number of fused-ring (bicyclic) bond motifs is 5. The van der Waals surface area contributed by atoms with Crippen molar-refractivity contribution in [2.75, 3.05) is 32.9 Å². The first kappa shape index (κ1) is 35.8. The molecule has 1 N–H and O–H groups in total. The summed E-state index contributed by atoms with van der Waals surface area (Å²) in [5, 5.41) is 2.76. The van der Waals surface area contributed by atoms with Crippen LogP contribution in [0.25, 0.3) is 0 Å². The van der Waals surface area contributed by atoms with Gasteiger partial charge in [-0.1, -0.05) is 65.5 Å². The van der Waals surface area contributed by atoms with E-state index in [1.807, 2.05) is 0 Å². The Morgan fingerprint density at radius 2 is 1.67 bits per heavy atom. The maximum absolute atomic E-state index is 12.5. The molecule has 256 valence electrons. The van der Waals surface area contributed by atoms with Gasteiger partial charge in [0.1, 0.15) is 6.54 Å². The Morgan fingerprint density at radius 3 is 2.33 bits per heavy atom. The zero-order valence-electron chi connectivity index (χ0n) is 29.3. The van der Waals surface area contributed by atoms with Crippen LogP contribution in [0.3, 0.4) is 0 Å². The Labute approximate surface area is 272 Å². The second-order valence-corrected chi connectivity index (χ2v) is 15.4. The molecule has 0 bridgehead atoms. The third-order valence-electron chi connectivity index (χ3n) is 12.3. The number of imide groups is 1. The van der Waals surface area contributed by atoms with Crippen LogP contribution >= 0.6 is 0 Å². The Bertz CT molecular complexity index is 1040. The molecule has 0 aromatic rings. The van der Waals surface area contributed by atoms with Gasteiger partial charge in [0.2, 0.25) is 5.91 Å². The van der Waals surface area contributed by atoms with E-state index in [1.54, 1.807) is 19.4 Å². The van der Waals surface area contributed by atoms with Crippen LogP contribution in [0.15, 0.2) is 11.6 Å². The van der Waals surface area contributed by atoms with Crippen LogP contribution in [0.1, 0.15) is 119 Å². The third kappa shape index (κ3) is 8.08. The minimum atomic E-state index is -0.891. The molecule has 4 rings (SSSR count). The minimum Gasteiger partial charge on any atom is -0.449 e. The van der Waals surface area contributed by atoms with Crippen molar-refractivity contribution in [2.45, 2.75) is 125 Å². The predicted molar refractivity (Wildman–Crippen MR) is 177 cm³/mol. The second-order valence-electron chi connectivity index (χ2n) is 15.4. The summed E-state index contributed by atoms with van der Waals surface area (Å²) in [5.74, 6) is 4.55. The molecule has 0 aliphatic heterocycles. The van der Waals surface area contributed by atoms with Gasteiger partial charge in [-0.05, 0) is 112 Å². The molecule has 0 saturated heterocycles. The van der Waals surface area contributed by atoms with E-state index in [1.165, 1.54) is 57.8 Å². The SMILES string of the molecule is CCOC(=O)N(CC(=O)NCCO[C@H]1CC[C@@]2(C)C(=CC[C@H]3[C@@H]4CC[C@H]([C@H](C)CCCC(C)C)[C@@]4(C)CC[C@@H]32)C1)C(=O)OCC. The lowest BCUT2D eigenvalue weighted by atomic mass is 9.47. The topological polar surface area (TPSA) is 94.2 Å². The van der Waals surface area contributed by atoms with Crippen molar-refractivity contribution < 1.29 is 28.6 Å². The monoisotopic (exact) mass is 630 g/mol. The van der Waals surface area contributed by atoms with Crippen molar-refractivity contribution in [3.63, 3.8) is 0 Å². The average molecular weight is 631 g/mol. The molecule has 0 aromatic heterocycles. The molecule has 0 aromatic carbocycles. The Kier molecular flexibility index (Phi) is 12.4. The number of hydrogen-bond donors (Lipinski definition) is 1. The Balaban J connectivity index is 1.26. The van der Waals surface area contributed by atoms with Gasteiger partial charge in [0, 0.05) is 6.54 Å². The molecule has 0 unspecified atom stereocenters. The standard InChI is InChI=1S/C37H62N2O6/c1-8-43-34(41)39(35(42)44-9-2)24-33(40)38-21-22-45-28-17-19-36(6)27(23-28)13-14-29-31-16-15-30(26(5)12-10-11-25(3)4)37(31,7)20-18-32(29)36/h13,25-26,28-32H,8-12,14-24H2,1-7H3,(H,38,40)/t26-,28+,29+,30-,31+,32+,36+,37-/m1/s1. The molecule has 0 heterocycles. The van der Waals surface area contributed by atoms with E-state index in [9.17, 15) is 14.4 Å². The van der Waals surface area contributed by atoms with Gasteiger partial charge >= 0.3 is 12.2 Å². The first-order chi connectivity index (χ1) is 21.4. The summed E-state index contributed by atoms with van der Waals surface area (Å²) in [7, 11) is 0. The van der Waals surface area contributed by atoms with Crippen molar-refractivity contribution >= 4 is 18.1 Å². The summed E-state index contributed by atoms with van der Waals surface area (Å²) in [6, 6.07) is 0. The highest BCUT2D eigenvalue weighted by molar-refractivity contribution is 5.93. The molecule has 3 amide bonds. The number of nitrogens with one attached hydrogen (secondary N) is 1. The van der Waals surface area contributed by atoms with Crippen molar-refractivity contribution in [3.05, 3.63) is 11.6 Å². The van der Waals surface area contributed by atoms with Crippen LogP contribution in [-0.4, -0.2) is 62.0 Å². The van der Waals surface area contributed by atoms with Crippen molar-refractivity contribution in [1.29, 1.82) is 0 Å². The Morgan fingerprint density at radius 1 is 0.956 bits per heavy atom. The van der Waals surface area contributed by atoms with E-state index in [2.05, 4.69) is 46.0 Å². The molecular formula is C37H62N2O6. The molecule has 4 aliphatic carbocycles. The average Bonchev–Trinajstić information content (AvgIpc) is 3.35. The minimum absolute atomic E-state index is 0.0981. The summed E-state index contributed by atoms with van der Waals surface area (Å²) < 4.78 is 16.1. The number of carbonyl (C=O) groups excluding carboxylic acids is 3. The molecular weight excluding hydrogens is 568 g/mol. The summed E-state index contributed by atoms with van der Waals surface area (Å²) in [5.41, 5.74) is 2.39. The van der Waals surface area contributed by atoms with Crippen LogP contribution in [0, 0.1) is 46.3 Å². The maximum Gasteiger partial charge on any atom is 0.419 e. The molecule has 8 nitrogen and oxygen atoms in total. The van der Waals surface area contributed by atoms with E-state index in [0.717, 1.165) is 48.3 Å². The summed E-state index contributed by atoms with van der Waals surface area (Å²) in [4.78, 5) is 37.4. The van der Waals surface area contributed by atoms with Crippen LogP contribution < -0.4 is 5.32 Å². The summed E-state index contributed by atoms with van der Waals surface area (Å²) in [6.07, 6.45) is 15.1. The van der Waals surface area contributed by atoms with Gasteiger partial charge in [-0.15, -0.1) is 0 Å². The number of ether oxygens (including phenoxy) is 3. The number of rotatable bonds is 13. The van der Waals surface area contributed by atoms with Gasteiger partial charge in [0.15, 0.2) is 0 Å². The fourth-order valence-corrected chi connectivity index (χ4v) is 10.0. The maximum atomic E-state index is 12.5. The van der Waals surface area contributed by atoms with Crippen LogP contribution in [0.2, 0.25) is 0 Å². The van der Waals surface area contributed by atoms with Crippen molar-refractivity contribution in [2.24, 2.45) is 46.3 Å². The van der Waals surface area contributed by atoms with Gasteiger partial charge in [-0.25, -0.2) is 14.5 Å². The normalized spacial score (nSPS) is 32.9. The molecule has 4 aliphatic rings. The summed E-state index contributed by atoms with van der Waals surface area (Å²) in [6.45, 7) is 16.2. The zero-order chi connectivity index (χ0) is 32.8. The molecule has 3 saturated carbocycles. The fourth-order valence-electron chi connectivity index (χ4n) is 10.0. The molecule has 3 fully saturated rings. The highest BCUT2D eigenvalue weighted by atomic mass is 16.6. The zero-order valence-corrected chi connectivity index (χ0v) is 29.3. The van der Waals surface area contributed by atoms with Gasteiger partial charge in [0.25, 0.3) is 0 Å². The Hall–Kier alpha value is -2.09. The highest BCUT2D eigenvalue weighted by Gasteiger charge is 2.59. The van der Waals surface area contributed by atoms with E-state index in [4.69, 9.17) is 14.2 Å². The van der Waals surface area contributed by atoms with Crippen molar-refractivity contribution in [3.8, 4) is 0 Å². The molecule has 8 heteroatoms. The molecule has 45 heavy (non-hydrogen) atoms. The number of allylic oxidation sites excluding steroid dienone is 1. The lowest BCUT2D eigenvalue weighted by Gasteiger charge is -2.58. The van der Waals surface area contributed by atoms with Crippen LogP contribution in [-0.2, 0) is 19.0 Å². The highest BCUT2D eigenvalue weighted by Crippen LogP contribution is 2.67. The van der Waals surface area contributed by atoms with E-state index in [0.29, 0.717) is 23.5 Å². The van der Waals surface area contributed by atoms with Gasteiger partial charge in [-0.3, -0.25) is 4.79 Å². The van der Waals surface area contributed by atoms with Crippen LogP contribution in [0.5, 0.6) is 0 Å². The van der Waals surface area contributed by atoms with Crippen LogP contribution in [0.4, 0.5) is 9.59 Å². The van der Waals surface area contributed by atoms with Gasteiger partial charge in [-0.2, -0.15) is 0 Å². The quantitative estimate of drug-likeness (QED) is 0.163. The molecule has 0 radical (unpaired) electrons. The van der Waals surface area contributed by atoms with E-state index >= 15 is 0 Å². The van der Waals surface area contributed by atoms with Crippen molar-refractivity contribution in [1.82, 2.24) is 10.2 Å². The fraction of sp³-hybridized carbons (Fsp3) is 0.865. The van der Waals surface area contributed by atoms with E-state index < -0.39 is 24.6 Å². The van der Waals surface area contributed by atoms with Gasteiger partial charge in [0.05, 0.1) is 25.9 Å². The number of carbonyl (C=O) groups is 3. The second kappa shape index (κ2) is 15.7. The number of amides is 3. The predicted octanol–water partition coefficient (Wildman–Crippen LogP) is 8.14. The lowest BCUT2D eigenvalue weighted by Crippen LogP contribution is -2.51.